The molecule has 3 amide bonds. The van der Waals surface area contributed by atoms with Gasteiger partial charge in [-0.15, -0.1) is 11.8 Å². The Bertz CT molecular complexity index is 310. The first-order valence-corrected chi connectivity index (χ1v) is 5.75. The summed E-state index contributed by atoms with van der Waals surface area (Å²) in [6.45, 7) is -0.291. The lowest BCUT2D eigenvalue weighted by Crippen LogP contribution is -2.44. The van der Waals surface area contributed by atoms with Gasteiger partial charge in [0, 0.05) is 0 Å². The highest BCUT2D eigenvalue weighted by Crippen LogP contribution is 2.13. The first-order valence-electron chi connectivity index (χ1n) is 4.60. The van der Waals surface area contributed by atoms with Gasteiger partial charge in [0.15, 0.2) is 0 Å². The molecule has 7 nitrogen and oxygen atoms in total. The van der Waals surface area contributed by atoms with E-state index < -0.39 is 17.9 Å². The highest BCUT2D eigenvalue weighted by atomic mass is 32.2. The lowest BCUT2D eigenvalue weighted by atomic mass is 10.3. The van der Waals surface area contributed by atoms with Gasteiger partial charge in [0.05, 0.1) is 18.2 Å². The van der Waals surface area contributed by atoms with Gasteiger partial charge in [-0.2, -0.15) is 0 Å². The lowest BCUT2D eigenvalue weighted by molar-refractivity contribution is -0.133. The molecule has 0 spiro atoms. The van der Waals surface area contributed by atoms with Gasteiger partial charge >= 0.3 is 0 Å². The van der Waals surface area contributed by atoms with Crippen LogP contribution in [-0.4, -0.2) is 58.6 Å². The summed E-state index contributed by atoms with van der Waals surface area (Å²) >= 11 is 1.43. The third-order valence-corrected chi connectivity index (χ3v) is 2.93. The Hall–Kier alpha value is -1.28. The summed E-state index contributed by atoms with van der Waals surface area (Å²) in [5.41, 5.74) is 4.80. The number of carbonyl (C=O) groups is 3. The highest BCUT2D eigenvalue weighted by molar-refractivity contribution is 8.00. The Labute approximate surface area is 96.3 Å². The van der Waals surface area contributed by atoms with Crippen LogP contribution in [0, 0.1) is 0 Å². The van der Waals surface area contributed by atoms with Gasteiger partial charge in [0.1, 0.15) is 12.6 Å². The zero-order valence-electron chi connectivity index (χ0n) is 8.51. The second kappa shape index (κ2) is 5.71. The number of rotatable bonds is 5. The molecule has 1 saturated heterocycles. The minimum atomic E-state index is -1.40. The number of nitrogens with one attached hydrogen (secondary N) is 1. The maximum Gasteiger partial charge on any atom is 0.248 e. The van der Waals surface area contributed by atoms with E-state index in [0.717, 1.165) is 0 Å². The summed E-state index contributed by atoms with van der Waals surface area (Å²) in [5.74, 6) is -0.526. The van der Waals surface area contributed by atoms with Crippen LogP contribution >= 0.6 is 11.8 Å². The largest absolute Gasteiger partial charge is 0.381 e. The first-order chi connectivity index (χ1) is 7.50. The number of nitrogens with zero attached hydrogens (tertiary/aromatic N) is 1. The van der Waals surface area contributed by atoms with Gasteiger partial charge < -0.3 is 21.1 Å². The molecule has 0 aromatic rings. The van der Waals surface area contributed by atoms with E-state index in [1.807, 2.05) is 0 Å². The summed E-state index contributed by atoms with van der Waals surface area (Å²) < 4.78 is 0. The molecule has 0 aromatic carbocycles. The zero-order chi connectivity index (χ0) is 12.1. The fourth-order valence-corrected chi connectivity index (χ4v) is 1.98. The van der Waals surface area contributed by atoms with E-state index in [2.05, 4.69) is 5.32 Å². The van der Waals surface area contributed by atoms with Gasteiger partial charge in [-0.05, 0) is 0 Å². The molecular formula is C8H13N3O4S. The van der Waals surface area contributed by atoms with Gasteiger partial charge in [-0.3, -0.25) is 14.4 Å². The molecule has 1 rings (SSSR count). The van der Waals surface area contributed by atoms with Crippen LogP contribution in [-0.2, 0) is 14.4 Å². The average Bonchev–Trinajstić information content (AvgIpc) is 2.60. The predicted molar refractivity (Wildman–Crippen MR) is 57.2 cm³/mol. The Balaban J connectivity index is 2.25. The van der Waals surface area contributed by atoms with Crippen LogP contribution in [0.5, 0.6) is 0 Å². The van der Waals surface area contributed by atoms with Gasteiger partial charge in [0.25, 0.3) is 0 Å². The molecule has 8 heteroatoms. The number of aliphatic hydroxyl groups excluding tert-OH is 1. The SMILES string of the molecule is NC(=O)C(O)CNC(=O)CN1CSCC1=O. The monoisotopic (exact) mass is 247 g/mol. The molecule has 0 aromatic heterocycles. The Morgan fingerprint density at radius 3 is 2.81 bits per heavy atom. The molecule has 1 unspecified atom stereocenters. The molecular weight excluding hydrogens is 234 g/mol. The molecule has 16 heavy (non-hydrogen) atoms. The zero-order valence-corrected chi connectivity index (χ0v) is 9.33. The number of amides is 3. The number of primary amides is 1. The highest BCUT2D eigenvalue weighted by Gasteiger charge is 2.23. The number of carbonyl (C=O) groups excluding carboxylic acids is 3. The maximum absolute atomic E-state index is 11.3. The van der Waals surface area contributed by atoms with E-state index in [1.54, 1.807) is 0 Å². The predicted octanol–water partition coefficient (Wildman–Crippen LogP) is -2.52. The standard InChI is InChI=1S/C8H13N3O4S/c9-8(15)5(12)1-10-6(13)2-11-4-16-3-7(11)14/h5,12H,1-4H2,(H2,9,15)(H,10,13). The Kier molecular flexibility index (Phi) is 4.56. The average molecular weight is 247 g/mol. The maximum atomic E-state index is 11.3. The summed E-state index contributed by atoms with van der Waals surface area (Å²) in [6, 6.07) is 0. The van der Waals surface area contributed by atoms with Crippen molar-refractivity contribution in [2.75, 3.05) is 24.7 Å². The van der Waals surface area contributed by atoms with Crippen molar-refractivity contribution in [3.8, 4) is 0 Å². The molecule has 1 heterocycles. The van der Waals surface area contributed by atoms with Gasteiger partial charge in [0.2, 0.25) is 17.7 Å². The smallest absolute Gasteiger partial charge is 0.248 e. The van der Waals surface area contributed by atoms with E-state index in [-0.39, 0.29) is 19.0 Å². The number of hydrogen-bond acceptors (Lipinski definition) is 5. The summed E-state index contributed by atoms with van der Waals surface area (Å²) in [7, 11) is 0. The van der Waals surface area contributed by atoms with Crippen molar-refractivity contribution in [3.05, 3.63) is 0 Å². The van der Waals surface area contributed by atoms with Crippen molar-refractivity contribution < 1.29 is 19.5 Å². The van der Waals surface area contributed by atoms with E-state index in [0.29, 0.717) is 11.6 Å². The number of thioether (sulfide) groups is 1. The molecule has 0 saturated carbocycles. The van der Waals surface area contributed by atoms with Crippen molar-refractivity contribution in [3.63, 3.8) is 0 Å². The van der Waals surface area contributed by atoms with Crippen LogP contribution in [0.25, 0.3) is 0 Å². The van der Waals surface area contributed by atoms with Crippen molar-refractivity contribution >= 4 is 29.5 Å². The van der Waals surface area contributed by atoms with Crippen LogP contribution in [0.1, 0.15) is 0 Å². The lowest BCUT2D eigenvalue weighted by Gasteiger charge is -2.14. The van der Waals surface area contributed by atoms with Crippen molar-refractivity contribution in [1.82, 2.24) is 10.2 Å². The number of aliphatic hydroxyl groups is 1. The third kappa shape index (κ3) is 3.70. The molecule has 1 fully saturated rings. The summed E-state index contributed by atoms with van der Waals surface area (Å²) in [5, 5.41) is 11.3. The van der Waals surface area contributed by atoms with E-state index in [4.69, 9.17) is 10.8 Å². The van der Waals surface area contributed by atoms with Crippen LogP contribution < -0.4 is 11.1 Å². The van der Waals surface area contributed by atoms with E-state index >= 15 is 0 Å². The molecule has 0 aliphatic carbocycles. The molecule has 4 N–H and O–H groups in total. The number of nitrogens with two attached hydrogens (primary N) is 1. The first kappa shape index (κ1) is 12.8. The Morgan fingerprint density at radius 2 is 2.31 bits per heavy atom. The molecule has 1 aliphatic heterocycles. The van der Waals surface area contributed by atoms with Gasteiger partial charge in [-0.1, -0.05) is 0 Å². The molecule has 1 aliphatic rings. The number of hydrogen-bond donors (Lipinski definition) is 3. The van der Waals surface area contributed by atoms with Gasteiger partial charge in [-0.25, -0.2) is 0 Å². The fourth-order valence-electron chi connectivity index (χ4n) is 1.08. The minimum Gasteiger partial charge on any atom is -0.381 e. The minimum absolute atomic E-state index is 0.0582. The fraction of sp³-hybridized carbons (Fsp3) is 0.625. The van der Waals surface area contributed by atoms with Crippen LogP contribution in [0.4, 0.5) is 0 Å². The quantitative estimate of drug-likeness (QED) is 0.496. The molecule has 1 atom stereocenters. The normalized spacial score (nSPS) is 17.3. The van der Waals surface area contributed by atoms with E-state index in [1.165, 1.54) is 16.7 Å². The van der Waals surface area contributed by atoms with Crippen LogP contribution in [0.3, 0.4) is 0 Å². The van der Waals surface area contributed by atoms with Crippen LogP contribution in [0.15, 0.2) is 0 Å². The summed E-state index contributed by atoms with van der Waals surface area (Å²) in [6.07, 6.45) is -1.40. The van der Waals surface area contributed by atoms with Crippen LogP contribution in [0.2, 0.25) is 0 Å². The third-order valence-electron chi connectivity index (χ3n) is 1.98. The molecule has 90 valence electrons. The second-order valence-electron chi connectivity index (χ2n) is 3.29. The summed E-state index contributed by atoms with van der Waals surface area (Å²) in [4.78, 5) is 34.3. The second-order valence-corrected chi connectivity index (χ2v) is 4.25. The van der Waals surface area contributed by atoms with Crippen molar-refractivity contribution in [2.24, 2.45) is 5.73 Å². The van der Waals surface area contributed by atoms with E-state index in [9.17, 15) is 14.4 Å². The Morgan fingerprint density at radius 1 is 1.62 bits per heavy atom. The van der Waals surface area contributed by atoms with Crippen molar-refractivity contribution in [1.29, 1.82) is 0 Å². The topological polar surface area (TPSA) is 113 Å². The van der Waals surface area contributed by atoms with Crippen molar-refractivity contribution in [2.45, 2.75) is 6.10 Å². The molecule has 0 radical (unpaired) electrons. The molecule has 0 bridgehead atoms.